The highest BCUT2D eigenvalue weighted by Crippen LogP contribution is 2.32. The van der Waals surface area contributed by atoms with E-state index in [1.54, 1.807) is 19.6 Å². The summed E-state index contributed by atoms with van der Waals surface area (Å²) in [4.78, 5) is 19.2. The molecule has 0 spiro atoms. The van der Waals surface area contributed by atoms with Crippen LogP contribution in [0, 0.1) is 0 Å². The zero-order chi connectivity index (χ0) is 19.5. The molecule has 144 valence electrons. The van der Waals surface area contributed by atoms with Crippen molar-refractivity contribution >= 4 is 28.1 Å². The van der Waals surface area contributed by atoms with Gasteiger partial charge in [0.05, 0.1) is 14.2 Å². The molecule has 28 heavy (non-hydrogen) atoms. The summed E-state index contributed by atoms with van der Waals surface area (Å²) >= 11 is 1.40. The maximum absolute atomic E-state index is 12.9. The average Bonchev–Trinajstić information content (AvgIpc) is 3.21. The first-order chi connectivity index (χ1) is 13.7. The van der Waals surface area contributed by atoms with Gasteiger partial charge in [0.2, 0.25) is 0 Å². The predicted molar refractivity (Wildman–Crippen MR) is 110 cm³/mol. The van der Waals surface area contributed by atoms with Crippen molar-refractivity contribution in [1.29, 1.82) is 0 Å². The smallest absolute Gasteiger partial charge is 0.273 e. The molecule has 0 unspecified atom stereocenters. The molecular weight excluding hydrogens is 374 g/mol. The van der Waals surface area contributed by atoms with Crippen LogP contribution in [-0.2, 0) is 13.0 Å². The maximum Gasteiger partial charge on any atom is 0.273 e. The van der Waals surface area contributed by atoms with E-state index >= 15 is 0 Å². The fourth-order valence-corrected chi connectivity index (χ4v) is 4.00. The summed E-state index contributed by atoms with van der Waals surface area (Å²) in [6.45, 7) is 1.34. The minimum absolute atomic E-state index is 0.0360. The van der Waals surface area contributed by atoms with Gasteiger partial charge < -0.3 is 19.7 Å². The van der Waals surface area contributed by atoms with Crippen molar-refractivity contribution < 1.29 is 14.3 Å². The Bertz CT molecular complexity index is 1000. The van der Waals surface area contributed by atoms with E-state index in [0.29, 0.717) is 35.4 Å². The lowest BCUT2D eigenvalue weighted by Gasteiger charge is -2.28. The molecule has 0 atom stereocenters. The van der Waals surface area contributed by atoms with Gasteiger partial charge in [-0.25, -0.2) is 4.98 Å². The zero-order valence-corrected chi connectivity index (χ0v) is 16.6. The number of carbonyl (C=O) groups excluding carboxylic acids is 1. The number of fused-ring (bicyclic) bond motifs is 1. The summed E-state index contributed by atoms with van der Waals surface area (Å²) < 4.78 is 10.6. The van der Waals surface area contributed by atoms with E-state index in [0.717, 1.165) is 12.1 Å². The van der Waals surface area contributed by atoms with Crippen LogP contribution in [0.15, 0.2) is 47.8 Å². The third-order valence-electron chi connectivity index (χ3n) is 4.78. The van der Waals surface area contributed by atoms with Gasteiger partial charge in [0.15, 0.2) is 16.6 Å². The normalized spacial score (nSPS) is 13.0. The quantitative estimate of drug-likeness (QED) is 0.705. The zero-order valence-electron chi connectivity index (χ0n) is 15.8. The number of hydrogen-bond donors (Lipinski definition) is 1. The number of amides is 1. The number of carbonyl (C=O) groups is 1. The Labute approximate surface area is 167 Å². The Morgan fingerprint density at radius 3 is 2.68 bits per heavy atom. The summed E-state index contributed by atoms with van der Waals surface area (Å²) in [5.74, 6) is 1.26. The molecule has 0 radical (unpaired) electrons. The number of nitrogens with zero attached hydrogens (tertiary/aromatic N) is 2. The molecule has 0 aliphatic carbocycles. The number of ether oxygens (including phenoxy) is 2. The molecular formula is C21H21N3O3S. The standard InChI is InChI=1S/C21H21N3O3S/c1-26-18-8-7-16(11-19(18)27-2)22-21-23-17(13-28-21)20(25)24-10-9-14-5-3-4-6-15(14)12-24/h3-8,11,13H,9-10,12H2,1-2H3,(H,22,23). The highest BCUT2D eigenvalue weighted by atomic mass is 32.1. The molecule has 1 aliphatic heterocycles. The van der Waals surface area contributed by atoms with Gasteiger partial charge in [0.1, 0.15) is 5.69 Å². The van der Waals surface area contributed by atoms with Crippen molar-refractivity contribution in [3.63, 3.8) is 0 Å². The fraction of sp³-hybridized carbons (Fsp3) is 0.238. The van der Waals surface area contributed by atoms with Gasteiger partial charge in [0, 0.05) is 30.2 Å². The molecule has 3 aromatic rings. The lowest BCUT2D eigenvalue weighted by molar-refractivity contribution is 0.0729. The lowest BCUT2D eigenvalue weighted by atomic mass is 10.00. The minimum Gasteiger partial charge on any atom is -0.493 e. The molecule has 1 aromatic heterocycles. The highest BCUT2D eigenvalue weighted by Gasteiger charge is 2.23. The van der Waals surface area contributed by atoms with E-state index in [1.807, 2.05) is 35.2 Å². The second kappa shape index (κ2) is 7.90. The molecule has 4 rings (SSSR count). The van der Waals surface area contributed by atoms with Crippen LogP contribution in [0.25, 0.3) is 0 Å². The number of thiazole rings is 1. The van der Waals surface area contributed by atoms with Crippen LogP contribution in [0.5, 0.6) is 11.5 Å². The Balaban J connectivity index is 1.47. The molecule has 0 saturated carbocycles. The summed E-state index contributed by atoms with van der Waals surface area (Å²) in [6.07, 6.45) is 0.878. The fourth-order valence-electron chi connectivity index (χ4n) is 3.30. The molecule has 0 saturated heterocycles. The number of aromatic nitrogens is 1. The monoisotopic (exact) mass is 395 g/mol. The van der Waals surface area contributed by atoms with E-state index in [-0.39, 0.29) is 5.91 Å². The van der Waals surface area contributed by atoms with Crippen molar-refractivity contribution in [1.82, 2.24) is 9.88 Å². The lowest BCUT2D eigenvalue weighted by Crippen LogP contribution is -2.36. The molecule has 1 aliphatic rings. The van der Waals surface area contributed by atoms with E-state index in [9.17, 15) is 4.79 Å². The highest BCUT2D eigenvalue weighted by molar-refractivity contribution is 7.14. The molecule has 0 fully saturated rings. The number of methoxy groups -OCH3 is 2. The number of rotatable bonds is 5. The first-order valence-corrected chi connectivity index (χ1v) is 9.86. The van der Waals surface area contributed by atoms with Gasteiger partial charge in [-0.15, -0.1) is 11.3 Å². The van der Waals surface area contributed by atoms with Crippen molar-refractivity contribution in [2.24, 2.45) is 0 Å². The first kappa shape index (κ1) is 18.3. The van der Waals surface area contributed by atoms with Crippen molar-refractivity contribution in [3.05, 3.63) is 64.7 Å². The second-order valence-electron chi connectivity index (χ2n) is 6.48. The van der Waals surface area contributed by atoms with Crippen LogP contribution in [0.1, 0.15) is 21.6 Å². The minimum atomic E-state index is -0.0360. The Morgan fingerprint density at radius 2 is 1.89 bits per heavy atom. The molecule has 1 N–H and O–H groups in total. The van der Waals surface area contributed by atoms with E-state index < -0.39 is 0 Å². The van der Waals surface area contributed by atoms with Crippen LogP contribution in [0.4, 0.5) is 10.8 Å². The van der Waals surface area contributed by atoms with Crippen LogP contribution in [0.3, 0.4) is 0 Å². The summed E-state index contributed by atoms with van der Waals surface area (Å²) in [6, 6.07) is 13.8. The van der Waals surface area contributed by atoms with Crippen LogP contribution in [-0.4, -0.2) is 36.6 Å². The SMILES string of the molecule is COc1ccc(Nc2nc(C(=O)N3CCc4ccccc4C3)cs2)cc1OC. The van der Waals surface area contributed by atoms with Gasteiger partial charge >= 0.3 is 0 Å². The van der Waals surface area contributed by atoms with Gasteiger partial charge in [-0.2, -0.15) is 0 Å². The van der Waals surface area contributed by atoms with Gasteiger partial charge in [-0.05, 0) is 29.7 Å². The van der Waals surface area contributed by atoms with Gasteiger partial charge in [0.25, 0.3) is 5.91 Å². The molecule has 6 nitrogen and oxygen atoms in total. The molecule has 7 heteroatoms. The number of hydrogen-bond acceptors (Lipinski definition) is 6. The maximum atomic E-state index is 12.9. The summed E-state index contributed by atoms with van der Waals surface area (Å²) in [7, 11) is 3.20. The molecule has 1 amide bonds. The summed E-state index contributed by atoms with van der Waals surface area (Å²) in [5, 5.41) is 5.68. The van der Waals surface area contributed by atoms with E-state index in [2.05, 4.69) is 22.4 Å². The van der Waals surface area contributed by atoms with E-state index in [1.165, 1.54) is 22.5 Å². The van der Waals surface area contributed by atoms with Gasteiger partial charge in [-0.1, -0.05) is 24.3 Å². The largest absolute Gasteiger partial charge is 0.493 e. The van der Waals surface area contributed by atoms with Crippen molar-refractivity contribution in [2.45, 2.75) is 13.0 Å². The van der Waals surface area contributed by atoms with Crippen molar-refractivity contribution in [2.75, 3.05) is 26.1 Å². The Hall–Kier alpha value is -3.06. The van der Waals surface area contributed by atoms with Crippen LogP contribution >= 0.6 is 11.3 Å². The van der Waals surface area contributed by atoms with Crippen LogP contribution in [0.2, 0.25) is 0 Å². The number of nitrogens with one attached hydrogen (secondary N) is 1. The number of benzene rings is 2. The van der Waals surface area contributed by atoms with Gasteiger partial charge in [-0.3, -0.25) is 4.79 Å². The van der Waals surface area contributed by atoms with Crippen molar-refractivity contribution in [3.8, 4) is 11.5 Å². The number of anilines is 2. The molecule has 2 heterocycles. The van der Waals surface area contributed by atoms with E-state index in [4.69, 9.17) is 9.47 Å². The Morgan fingerprint density at radius 1 is 1.11 bits per heavy atom. The third kappa shape index (κ3) is 3.66. The molecule has 2 aromatic carbocycles. The Kier molecular flexibility index (Phi) is 5.16. The average molecular weight is 395 g/mol. The molecule has 0 bridgehead atoms. The first-order valence-electron chi connectivity index (χ1n) is 8.98. The topological polar surface area (TPSA) is 63.7 Å². The summed E-state index contributed by atoms with van der Waals surface area (Å²) in [5.41, 5.74) is 3.81. The third-order valence-corrected chi connectivity index (χ3v) is 5.53. The second-order valence-corrected chi connectivity index (χ2v) is 7.34. The van der Waals surface area contributed by atoms with Crippen LogP contribution < -0.4 is 14.8 Å². The predicted octanol–water partition coefficient (Wildman–Crippen LogP) is 4.10.